The summed E-state index contributed by atoms with van der Waals surface area (Å²) in [6.07, 6.45) is -8.24. The summed E-state index contributed by atoms with van der Waals surface area (Å²) >= 11 is 0. The summed E-state index contributed by atoms with van der Waals surface area (Å²) < 4.78 is 78.2. The van der Waals surface area contributed by atoms with E-state index in [1.807, 2.05) is 0 Å². The van der Waals surface area contributed by atoms with E-state index in [4.69, 9.17) is 0 Å². The fourth-order valence-electron chi connectivity index (χ4n) is 2.70. The van der Waals surface area contributed by atoms with Crippen molar-refractivity contribution in [1.82, 2.24) is 10.2 Å². The molecule has 8 heteroatoms. The predicted octanol–water partition coefficient (Wildman–Crippen LogP) is 3.45. The number of nitrogens with zero attached hydrogens (tertiary/aromatic N) is 1. The van der Waals surface area contributed by atoms with Gasteiger partial charge in [-0.1, -0.05) is 6.07 Å². The second-order valence-electron chi connectivity index (χ2n) is 5.16. The molecule has 22 heavy (non-hydrogen) atoms. The van der Waals surface area contributed by atoms with Gasteiger partial charge in [0.05, 0.1) is 5.56 Å². The van der Waals surface area contributed by atoms with E-state index in [9.17, 15) is 26.3 Å². The van der Waals surface area contributed by atoms with Crippen LogP contribution < -0.4 is 5.32 Å². The maximum absolute atomic E-state index is 13.2. The zero-order valence-electron chi connectivity index (χ0n) is 11.6. The van der Waals surface area contributed by atoms with Gasteiger partial charge >= 0.3 is 6.18 Å². The molecule has 0 aliphatic carbocycles. The molecule has 1 aliphatic heterocycles. The van der Waals surface area contributed by atoms with Gasteiger partial charge in [-0.05, 0) is 17.7 Å². The molecule has 1 aromatic rings. The molecule has 1 aliphatic rings. The Balaban J connectivity index is 2.42. The summed E-state index contributed by atoms with van der Waals surface area (Å²) in [5.41, 5.74) is -1.48. The van der Waals surface area contributed by atoms with Crippen LogP contribution in [0.3, 0.4) is 0 Å². The average molecular weight is 326 g/mol. The minimum atomic E-state index is -4.79. The lowest BCUT2D eigenvalue weighted by Gasteiger charge is -2.36. The van der Waals surface area contributed by atoms with Crippen molar-refractivity contribution in [2.45, 2.75) is 25.1 Å². The van der Waals surface area contributed by atoms with E-state index < -0.39 is 36.4 Å². The van der Waals surface area contributed by atoms with Crippen LogP contribution in [-0.2, 0) is 6.18 Å². The van der Waals surface area contributed by atoms with Gasteiger partial charge in [-0.25, -0.2) is 13.2 Å². The lowest BCUT2D eigenvalue weighted by Crippen LogP contribution is -2.45. The molecule has 0 amide bonds. The Morgan fingerprint density at radius 2 is 1.77 bits per heavy atom. The molecule has 0 radical (unpaired) electrons. The van der Waals surface area contributed by atoms with E-state index in [2.05, 4.69) is 5.32 Å². The van der Waals surface area contributed by atoms with Crippen molar-refractivity contribution < 1.29 is 26.3 Å². The number of nitrogens with one attached hydrogen (secondary N) is 1. The van der Waals surface area contributed by atoms with E-state index in [1.54, 1.807) is 4.90 Å². The molecule has 1 aromatic carbocycles. The van der Waals surface area contributed by atoms with Crippen LogP contribution in [0.1, 0.15) is 23.6 Å². The van der Waals surface area contributed by atoms with Crippen molar-refractivity contribution >= 4 is 0 Å². The fourth-order valence-corrected chi connectivity index (χ4v) is 2.70. The maximum atomic E-state index is 13.2. The topological polar surface area (TPSA) is 15.3 Å². The summed E-state index contributed by atoms with van der Waals surface area (Å²) in [7, 11) is 0. The summed E-state index contributed by atoms with van der Waals surface area (Å²) in [5, 5.41) is 3.02. The van der Waals surface area contributed by atoms with Gasteiger partial charge in [0.15, 0.2) is 0 Å². The zero-order chi connectivity index (χ0) is 16.3. The number of benzene rings is 1. The van der Waals surface area contributed by atoms with Crippen molar-refractivity contribution in [2.24, 2.45) is 0 Å². The highest BCUT2D eigenvalue weighted by molar-refractivity contribution is 5.33. The number of piperazine rings is 1. The third-order valence-electron chi connectivity index (χ3n) is 3.67. The molecule has 2 rings (SSSR count). The van der Waals surface area contributed by atoms with Crippen LogP contribution in [-0.4, -0.2) is 37.5 Å². The quantitative estimate of drug-likeness (QED) is 0.853. The SMILES string of the molecule is Fc1ccc([C@H](CC(F)F)N2CCNCC2)c(C(F)(F)F)c1. The molecule has 2 nitrogen and oxygen atoms in total. The summed E-state index contributed by atoms with van der Waals surface area (Å²) in [4.78, 5) is 1.59. The highest BCUT2D eigenvalue weighted by Gasteiger charge is 2.38. The first kappa shape index (κ1) is 17.1. The molecule has 0 unspecified atom stereocenters. The lowest BCUT2D eigenvalue weighted by molar-refractivity contribution is -0.139. The Kier molecular flexibility index (Phi) is 5.33. The zero-order valence-corrected chi connectivity index (χ0v) is 11.6. The minimum Gasteiger partial charge on any atom is -0.314 e. The third kappa shape index (κ3) is 4.13. The standard InChI is InChI=1S/C14H16F6N2/c15-9-1-2-10(11(7-9)14(18,19)20)12(8-13(16)17)22-5-3-21-4-6-22/h1-2,7,12-13,21H,3-6,8H2/t12-/m0/s1. The van der Waals surface area contributed by atoms with Crippen molar-refractivity contribution in [3.63, 3.8) is 0 Å². The van der Waals surface area contributed by atoms with Gasteiger partial charge in [0.2, 0.25) is 6.43 Å². The van der Waals surface area contributed by atoms with Gasteiger partial charge in [0.25, 0.3) is 0 Å². The van der Waals surface area contributed by atoms with Gasteiger partial charge in [-0.15, -0.1) is 0 Å². The fraction of sp³-hybridized carbons (Fsp3) is 0.571. The number of alkyl halides is 5. The lowest BCUT2D eigenvalue weighted by atomic mass is 9.95. The first-order valence-corrected chi connectivity index (χ1v) is 6.88. The average Bonchev–Trinajstić information content (AvgIpc) is 2.45. The summed E-state index contributed by atoms with van der Waals surface area (Å²) in [6.45, 7) is 1.77. The molecule has 0 saturated carbocycles. The molecule has 1 N–H and O–H groups in total. The summed E-state index contributed by atoms with van der Waals surface area (Å²) in [5.74, 6) is -1.04. The Hall–Kier alpha value is -1.28. The van der Waals surface area contributed by atoms with E-state index in [1.165, 1.54) is 0 Å². The second-order valence-corrected chi connectivity index (χ2v) is 5.16. The molecule has 0 bridgehead atoms. The van der Waals surface area contributed by atoms with E-state index >= 15 is 0 Å². The Morgan fingerprint density at radius 3 is 2.32 bits per heavy atom. The number of hydrogen-bond acceptors (Lipinski definition) is 2. The van der Waals surface area contributed by atoms with Crippen LogP contribution in [0.25, 0.3) is 0 Å². The first-order chi connectivity index (χ1) is 10.3. The second kappa shape index (κ2) is 6.87. The minimum absolute atomic E-state index is 0.295. The van der Waals surface area contributed by atoms with Crippen LogP contribution in [0.4, 0.5) is 26.3 Å². The molecular formula is C14H16F6N2. The van der Waals surface area contributed by atoms with Crippen molar-refractivity contribution in [1.29, 1.82) is 0 Å². The number of hydrogen-bond donors (Lipinski definition) is 1. The molecule has 1 heterocycles. The van der Waals surface area contributed by atoms with Gasteiger partial charge in [0.1, 0.15) is 5.82 Å². The molecular weight excluding hydrogens is 310 g/mol. The molecule has 0 spiro atoms. The maximum Gasteiger partial charge on any atom is 0.416 e. The van der Waals surface area contributed by atoms with Crippen molar-refractivity contribution in [3.05, 3.63) is 35.1 Å². The van der Waals surface area contributed by atoms with Gasteiger partial charge in [-0.3, -0.25) is 4.90 Å². The third-order valence-corrected chi connectivity index (χ3v) is 3.67. The highest BCUT2D eigenvalue weighted by atomic mass is 19.4. The smallest absolute Gasteiger partial charge is 0.314 e. The van der Waals surface area contributed by atoms with Crippen LogP contribution in [0.5, 0.6) is 0 Å². The van der Waals surface area contributed by atoms with Crippen LogP contribution in [0, 0.1) is 5.82 Å². The van der Waals surface area contributed by atoms with Gasteiger partial charge in [0, 0.05) is 38.6 Å². The van der Waals surface area contributed by atoms with Crippen LogP contribution >= 0.6 is 0 Å². The van der Waals surface area contributed by atoms with Gasteiger partial charge in [-0.2, -0.15) is 13.2 Å². The number of rotatable bonds is 4. The number of halogens is 6. The molecule has 0 aromatic heterocycles. The molecule has 1 fully saturated rings. The van der Waals surface area contributed by atoms with E-state index in [0.29, 0.717) is 32.2 Å². The largest absolute Gasteiger partial charge is 0.416 e. The Morgan fingerprint density at radius 1 is 1.14 bits per heavy atom. The molecule has 1 atom stereocenters. The highest BCUT2D eigenvalue weighted by Crippen LogP contribution is 2.38. The molecule has 1 saturated heterocycles. The monoisotopic (exact) mass is 326 g/mol. The van der Waals surface area contributed by atoms with E-state index in [0.717, 1.165) is 12.1 Å². The van der Waals surface area contributed by atoms with Crippen molar-refractivity contribution in [2.75, 3.05) is 26.2 Å². The normalized spacial score (nSPS) is 18.7. The van der Waals surface area contributed by atoms with Crippen LogP contribution in [0.2, 0.25) is 0 Å². The molecule has 124 valence electrons. The first-order valence-electron chi connectivity index (χ1n) is 6.88. The van der Waals surface area contributed by atoms with Crippen molar-refractivity contribution in [3.8, 4) is 0 Å². The Bertz CT molecular complexity index is 497. The summed E-state index contributed by atoms with van der Waals surface area (Å²) in [6, 6.07) is 1.13. The Labute approximate surface area is 124 Å². The van der Waals surface area contributed by atoms with Gasteiger partial charge < -0.3 is 5.32 Å². The predicted molar refractivity (Wildman–Crippen MR) is 69.2 cm³/mol. The van der Waals surface area contributed by atoms with Crippen LogP contribution in [0.15, 0.2) is 18.2 Å². The van der Waals surface area contributed by atoms with E-state index in [-0.39, 0.29) is 5.56 Å².